The first kappa shape index (κ1) is 14.3. The summed E-state index contributed by atoms with van der Waals surface area (Å²) in [6, 6.07) is 5.92. The van der Waals surface area contributed by atoms with Crippen LogP contribution in [0, 0.1) is 11.8 Å². The van der Waals surface area contributed by atoms with E-state index in [4.69, 9.17) is 5.73 Å². The van der Waals surface area contributed by atoms with Crippen LogP contribution >= 0.6 is 0 Å². The monoisotopic (exact) mass is 299 g/mol. The van der Waals surface area contributed by atoms with Gasteiger partial charge in [0.05, 0.1) is 5.60 Å². The van der Waals surface area contributed by atoms with Crippen molar-refractivity contribution in [3.63, 3.8) is 0 Å². The Hall–Kier alpha value is -1.35. The molecule has 4 atom stereocenters. The molecule has 0 aromatic heterocycles. The highest BCUT2D eigenvalue weighted by Crippen LogP contribution is 2.62. The van der Waals surface area contributed by atoms with E-state index in [1.54, 1.807) is 0 Å². The Bertz CT molecular complexity index is 640. The normalized spacial score (nSPS) is 39.7. The summed E-state index contributed by atoms with van der Waals surface area (Å²) in [5, 5.41) is 11.7. The summed E-state index contributed by atoms with van der Waals surface area (Å²) in [7, 11) is 0. The van der Waals surface area contributed by atoms with Gasteiger partial charge in [0.2, 0.25) is 5.91 Å². The summed E-state index contributed by atoms with van der Waals surface area (Å²) >= 11 is 0. The Morgan fingerprint density at radius 1 is 1.27 bits per heavy atom. The first-order chi connectivity index (χ1) is 10.5. The Labute approximate surface area is 131 Å². The molecular weight excluding hydrogens is 274 g/mol. The minimum absolute atomic E-state index is 0.151. The number of nitrogens with two attached hydrogens (primary N) is 1. The molecule has 2 bridgehead atoms. The van der Waals surface area contributed by atoms with Crippen LogP contribution in [-0.2, 0) is 11.8 Å². The van der Waals surface area contributed by atoms with Gasteiger partial charge in [0.1, 0.15) is 0 Å². The third-order valence-electron chi connectivity index (χ3n) is 6.92. The second-order valence-corrected chi connectivity index (χ2v) is 7.78. The number of amides is 1. The number of primary amides is 1. The molecule has 4 rings (SSSR count). The summed E-state index contributed by atoms with van der Waals surface area (Å²) in [4.78, 5) is 11.6. The fourth-order valence-electron chi connectivity index (χ4n) is 5.77. The van der Waals surface area contributed by atoms with E-state index in [1.807, 2.05) is 12.1 Å². The molecule has 1 amide bonds. The molecule has 1 aromatic rings. The van der Waals surface area contributed by atoms with Crippen molar-refractivity contribution in [3.05, 3.63) is 34.9 Å². The van der Waals surface area contributed by atoms with E-state index in [9.17, 15) is 9.90 Å². The molecule has 3 aliphatic rings. The predicted octanol–water partition coefficient (Wildman–Crippen LogP) is 2.93. The van der Waals surface area contributed by atoms with Gasteiger partial charge in [-0.25, -0.2) is 0 Å². The van der Waals surface area contributed by atoms with Gasteiger partial charge < -0.3 is 10.8 Å². The van der Waals surface area contributed by atoms with E-state index in [0.29, 0.717) is 17.4 Å². The topological polar surface area (TPSA) is 63.3 Å². The number of hydrogen-bond acceptors (Lipinski definition) is 2. The van der Waals surface area contributed by atoms with E-state index in [1.165, 1.54) is 24.0 Å². The number of aliphatic hydroxyl groups is 1. The molecule has 3 aliphatic carbocycles. The molecule has 2 saturated carbocycles. The third kappa shape index (κ3) is 1.63. The van der Waals surface area contributed by atoms with Crippen molar-refractivity contribution < 1.29 is 9.90 Å². The Morgan fingerprint density at radius 2 is 2.05 bits per heavy atom. The van der Waals surface area contributed by atoms with Gasteiger partial charge in [-0.05, 0) is 67.2 Å². The highest BCUT2D eigenvalue weighted by atomic mass is 16.3. The number of carbonyl (C=O) groups is 1. The van der Waals surface area contributed by atoms with Crippen molar-refractivity contribution in [2.75, 3.05) is 0 Å². The number of rotatable bonds is 1. The second-order valence-electron chi connectivity index (χ2n) is 7.78. The van der Waals surface area contributed by atoms with Crippen LogP contribution in [0.2, 0.25) is 0 Å². The highest BCUT2D eigenvalue weighted by molar-refractivity contribution is 5.93. The standard InChI is InChI=1S/C19H25NO2/c1-12-6-9-18-7-2-3-8-19(18,22)15(12)10-13-4-5-14(17(20)21)11-16(13)18/h4-5,11-12,15,22H,2-3,6-10H2,1H3,(H2,20,21)/t12?,15-,18?,19+/m0/s1. The Balaban J connectivity index is 1.94. The third-order valence-corrected chi connectivity index (χ3v) is 6.92. The summed E-state index contributed by atoms with van der Waals surface area (Å²) in [5.41, 5.74) is 7.88. The molecule has 0 spiro atoms. The lowest BCUT2D eigenvalue weighted by Gasteiger charge is -2.62. The SMILES string of the molecule is CC1CCC23CCCC[C@@]2(O)[C@H]1Cc1ccc(C(N)=O)cc13. The van der Waals surface area contributed by atoms with Crippen LogP contribution in [0.3, 0.4) is 0 Å². The van der Waals surface area contributed by atoms with Crippen LogP contribution in [0.15, 0.2) is 18.2 Å². The zero-order chi connectivity index (χ0) is 15.5. The average Bonchev–Trinajstić information content (AvgIpc) is 2.50. The van der Waals surface area contributed by atoms with Gasteiger partial charge in [-0.3, -0.25) is 4.79 Å². The van der Waals surface area contributed by atoms with E-state index < -0.39 is 5.60 Å². The molecule has 0 aliphatic heterocycles. The fraction of sp³-hybridized carbons (Fsp3) is 0.632. The number of hydrogen-bond donors (Lipinski definition) is 2. The minimum Gasteiger partial charge on any atom is -0.389 e. The van der Waals surface area contributed by atoms with E-state index in [2.05, 4.69) is 13.0 Å². The van der Waals surface area contributed by atoms with Gasteiger partial charge in [-0.2, -0.15) is 0 Å². The number of carbonyl (C=O) groups excluding carboxylic acids is 1. The maximum absolute atomic E-state index is 11.7. The Kier molecular flexibility index (Phi) is 2.96. The molecule has 118 valence electrons. The molecule has 0 heterocycles. The smallest absolute Gasteiger partial charge is 0.248 e. The van der Waals surface area contributed by atoms with E-state index in [-0.39, 0.29) is 11.3 Å². The fourth-order valence-corrected chi connectivity index (χ4v) is 5.77. The lowest BCUT2D eigenvalue weighted by atomic mass is 9.44. The van der Waals surface area contributed by atoms with Gasteiger partial charge in [-0.1, -0.05) is 25.8 Å². The molecule has 0 saturated heterocycles. The molecule has 22 heavy (non-hydrogen) atoms. The first-order valence-corrected chi connectivity index (χ1v) is 8.63. The maximum atomic E-state index is 11.7. The second kappa shape index (κ2) is 4.58. The molecule has 3 heteroatoms. The highest BCUT2D eigenvalue weighted by Gasteiger charge is 2.62. The quantitative estimate of drug-likeness (QED) is 0.837. The number of fused-ring (bicyclic) bond motifs is 1. The minimum atomic E-state index is -0.591. The van der Waals surface area contributed by atoms with Crippen LogP contribution in [-0.4, -0.2) is 16.6 Å². The zero-order valence-corrected chi connectivity index (χ0v) is 13.3. The van der Waals surface area contributed by atoms with Crippen molar-refractivity contribution in [3.8, 4) is 0 Å². The van der Waals surface area contributed by atoms with Gasteiger partial charge in [0, 0.05) is 11.0 Å². The lowest BCUT2D eigenvalue weighted by molar-refractivity contribution is -0.162. The summed E-state index contributed by atoms with van der Waals surface area (Å²) in [6.07, 6.45) is 7.39. The molecule has 1 aromatic carbocycles. The Morgan fingerprint density at radius 3 is 2.82 bits per heavy atom. The van der Waals surface area contributed by atoms with Crippen LogP contribution < -0.4 is 5.73 Å². The van der Waals surface area contributed by atoms with Crippen molar-refractivity contribution in [2.45, 2.75) is 62.9 Å². The number of benzene rings is 1. The van der Waals surface area contributed by atoms with E-state index in [0.717, 1.165) is 32.1 Å². The predicted molar refractivity (Wildman–Crippen MR) is 85.6 cm³/mol. The lowest BCUT2D eigenvalue weighted by Crippen LogP contribution is -2.65. The molecule has 2 unspecified atom stereocenters. The maximum Gasteiger partial charge on any atom is 0.248 e. The molecule has 3 N–H and O–H groups in total. The van der Waals surface area contributed by atoms with Gasteiger partial charge >= 0.3 is 0 Å². The van der Waals surface area contributed by atoms with Gasteiger partial charge in [-0.15, -0.1) is 0 Å². The largest absolute Gasteiger partial charge is 0.389 e. The van der Waals surface area contributed by atoms with Crippen molar-refractivity contribution in [1.82, 2.24) is 0 Å². The van der Waals surface area contributed by atoms with Gasteiger partial charge in [0.25, 0.3) is 0 Å². The average molecular weight is 299 g/mol. The van der Waals surface area contributed by atoms with E-state index >= 15 is 0 Å². The summed E-state index contributed by atoms with van der Waals surface area (Å²) in [6.45, 7) is 2.30. The van der Waals surface area contributed by atoms with Crippen molar-refractivity contribution in [1.29, 1.82) is 0 Å². The van der Waals surface area contributed by atoms with Crippen LogP contribution in [0.4, 0.5) is 0 Å². The van der Waals surface area contributed by atoms with Crippen LogP contribution in [0.25, 0.3) is 0 Å². The van der Waals surface area contributed by atoms with Crippen LogP contribution in [0.5, 0.6) is 0 Å². The van der Waals surface area contributed by atoms with Crippen molar-refractivity contribution in [2.24, 2.45) is 17.6 Å². The summed E-state index contributed by atoms with van der Waals surface area (Å²) in [5.74, 6) is 0.554. The molecule has 2 fully saturated rings. The molecular formula is C19H25NO2. The first-order valence-electron chi connectivity index (χ1n) is 8.63. The van der Waals surface area contributed by atoms with Crippen LogP contribution in [0.1, 0.15) is 66.9 Å². The zero-order valence-electron chi connectivity index (χ0n) is 13.3. The van der Waals surface area contributed by atoms with Crippen molar-refractivity contribution >= 4 is 5.91 Å². The molecule has 3 nitrogen and oxygen atoms in total. The molecule has 0 radical (unpaired) electrons. The summed E-state index contributed by atoms with van der Waals surface area (Å²) < 4.78 is 0. The van der Waals surface area contributed by atoms with Gasteiger partial charge in [0.15, 0.2) is 0 Å².